The molecule has 3 rings (SSSR count). The summed E-state index contributed by atoms with van der Waals surface area (Å²) in [5, 5.41) is 3.35. The normalized spacial score (nSPS) is 16.5. The molecule has 140 valence electrons. The average Bonchev–Trinajstić information content (AvgIpc) is 3.01. The van der Waals surface area contributed by atoms with Crippen LogP contribution < -0.4 is 19.5 Å². The van der Waals surface area contributed by atoms with E-state index >= 15 is 0 Å². The number of amidine groups is 1. The summed E-state index contributed by atoms with van der Waals surface area (Å²) < 4.78 is 16.0. The fraction of sp³-hybridized carbons (Fsp3) is 0.200. The van der Waals surface area contributed by atoms with Gasteiger partial charge in [-0.25, -0.2) is 4.99 Å². The second-order valence-corrected chi connectivity index (χ2v) is 6.76. The van der Waals surface area contributed by atoms with Gasteiger partial charge in [0.1, 0.15) is 0 Å². The monoisotopic (exact) mass is 384 g/mol. The second kappa shape index (κ2) is 8.18. The predicted molar refractivity (Wildman–Crippen MR) is 108 cm³/mol. The summed E-state index contributed by atoms with van der Waals surface area (Å²) in [7, 11) is 4.66. The van der Waals surface area contributed by atoms with Crippen molar-refractivity contribution in [2.75, 3.05) is 21.3 Å². The molecule has 1 aliphatic heterocycles. The molecule has 7 heteroatoms. The predicted octanol–water partition coefficient (Wildman–Crippen LogP) is 3.91. The molecular formula is C20H20N2O4S. The number of hydrogen-bond acceptors (Lipinski definition) is 6. The molecule has 0 unspecified atom stereocenters. The van der Waals surface area contributed by atoms with Crippen molar-refractivity contribution in [2.45, 2.75) is 6.92 Å². The SMILES string of the molecule is COc1cc(/C=C2\SC(=Nc3ccccc3C)NC2=O)cc(OC)c1OC. The minimum atomic E-state index is -0.193. The van der Waals surface area contributed by atoms with Gasteiger partial charge in [0.2, 0.25) is 5.75 Å². The van der Waals surface area contributed by atoms with Crippen LogP contribution in [-0.2, 0) is 4.79 Å². The highest BCUT2D eigenvalue weighted by molar-refractivity contribution is 8.18. The van der Waals surface area contributed by atoms with Crippen molar-refractivity contribution in [3.05, 3.63) is 52.4 Å². The van der Waals surface area contributed by atoms with E-state index in [9.17, 15) is 4.79 Å². The van der Waals surface area contributed by atoms with Gasteiger partial charge in [-0.2, -0.15) is 0 Å². The van der Waals surface area contributed by atoms with Crippen LogP contribution in [-0.4, -0.2) is 32.4 Å². The van der Waals surface area contributed by atoms with Crippen molar-refractivity contribution in [1.29, 1.82) is 0 Å². The standard InChI is InChI=1S/C20H20N2O4S/c1-12-7-5-6-8-14(12)21-20-22-19(23)17(27-20)11-13-9-15(24-2)18(26-4)16(10-13)25-3/h5-11H,1-4H3,(H,21,22,23)/b17-11-. The molecule has 0 aromatic heterocycles. The van der Waals surface area contributed by atoms with Crippen molar-refractivity contribution < 1.29 is 19.0 Å². The number of aliphatic imine (C=N–C) groups is 1. The molecule has 0 aliphatic carbocycles. The van der Waals surface area contributed by atoms with E-state index in [1.807, 2.05) is 31.2 Å². The third-order valence-corrected chi connectivity index (χ3v) is 4.88. The maximum atomic E-state index is 12.3. The summed E-state index contributed by atoms with van der Waals surface area (Å²) in [5.41, 5.74) is 2.63. The zero-order chi connectivity index (χ0) is 19.4. The fourth-order valence-corrected chi connectivity index (χ4v) is 3.45. The summed E-state index contributed by atoms with van der Waals surface area (Å²) >= 11 is 1.29. The maximum absolute atomic E-state index is 12.3. The molecule has 6 nitrogen and oxygen atoms in total. The van der Waals surface area contributed by atoms with E-state index in [0.717, 1.165) is 16.8 Å². The highest BCUT2D eigenvalue weighted by atomic mass is 32.2. The topological polar surface area (TPSA) is 69.2 Å². The summed E-state index contributed by atoms with van der Waals surface area (Å²) in [6.45, 7) is 1.98. The molecule has 1 amide bonds. The Hall–Kier alpha value is -2.93. The van der Waals surface area contributed by atoms with Gasteiger partial charge in [-0.3, -0.25) is 4.79 Å². The lowest BCUT2D eigenvalue weighted by Crippen LogP contribution is -2.19. The van der Waals surface area contributed by atoms with E-state index in [4.69, 9.17) is 14.2 Å². The first kappa shape index (κ1) is 18.8. The number of benzene rings is 2. The summed E-state index contributed by atoms with van der Waals surface area (Å²) in [5.74, 6) is 1.37. The van der Waals surface area contributed by atoms with E-state index in [2.05, 4.69) is 10.3 Å². The van der Waals surface area contributed by atoms with Crippen molar-refractivity contribution in [3.8, 4) is 17.2 Å². The molecule has 1 saturated heterocycles. The van der Waals surface area contributed by atoms with Crippen LogP contribution in [0.3, 0.4) is 0 Å². The Balaban J connectivity index is 1.92. The number of methoxy groups -OCH3 is 3. The molecule has 1 heterocycles. The van der Waals surface area contributed by atoms with Gasteiger partial charge in [-0.1, -0.05) is 18.2 Å². The van der Waals surface area contributed by atoms with Crippen LogP contribution in [0.2, 0.25) is 0 Å². The molecule has 0 spiro atoms. The largest absolute Gasteiger partial charge is 0.493 e. The Labute approximate surface area is 162 Å². The first-order chi connectivity index (χ1) is 13.0. The average molecular weight is 384 g/mol. The molecule has 2 aromatic rings. The maximum Gasteiger partial charge on any atom is 0.264 e. The summed E-state index contributed by atoms with van der Waals surface area (Å²) in [6, 6.07) is 11.3. The smallest absolute Gasteiger partial charge is 0.264 e. The van der Waals surface area contributed by atoms with E-state index in [1.54, 1.807) is 39.5 Å². The Kier molecular flexibility index (Phi) is 5.71. The second-order valence-electron chi connectivity index (χ2n) is 5.73. The molecule has 0 atom stereocenters. The lowest BCUT2D eigenvalue weighted by atomic mass is 10.1. The number of ether oxygens (including phenoxy) is 3. The van der Waals surface area contributed by atoms with Gasteiger partial charge in [-0.05, 0) is 54.1 Å². The van der Waals surface area contributed by atoms with Crippen molar-refractivity contribution in [1.82, 2.24) is 5.32 Å². The highest BCUT2D eigenvalue weighted by Crippen LogP contribution is 2.39. The van der Waals surface area contributed by atoms with Gasteiger partial charge < -0.3 is 19.5 Å². The van der Waals surface area contributed by atoms with Gasteiger partial charge >= 0.3 is 0 Å². The number of hydrogen-bond donors (Lipinski definition) is 1. The van der Waals surface area contributed by atoms with Crippen LogP contribution in [0, 0.1) is 6.92 Å². The Morgan fingerprint density at radius 3 is 2.30 bits per heavy atom. The Morgan fingerprint density at radius 2 is 1.70 bits per heavy atom. The zero-order valence-electron chi connectivity index (χ0n) is 15.5. The number of amides is 1. The third kappa shape index (κ3) is 4.09. The third-order valence-electron chi connectivity index (χ3n) is 3.97. The molecule has 2 aromatic carbocycles. The quantitative estimate of drug-likeness (QED) is 0.792. The summed E-state index contributed by atoms with van der Waals surface area (Å²) in [6.07, 6.45) is 1.77. The molecule has 1 aliphatic rings. The molecule has 1 fully saturated rings. The number of carbonyl (C=O) groups is 1. The van der Waals surface area contributed by atoms with Crippen LogP contribution in [0.25, 0.3) is 6.08 Å². The first-order valence-corrected chi connectivity index (χ1v) is 9.02. The minimum absolute atomic E-state index is 0.193. The number of carbonyl (C=O) groups excluding carboxylic acids is 1. The van der Waals surface area contributed by atoms with E-state index < -0.39 is 0 Å². The van der Waals surface area contributed by atoms with Gasteiger partial charge in [-0.15, -0.1) is 0 Å². The first-order valence-electron chi connectivity index (χ1n) is 8.21. The van der Waals surface area contributed by atoms with Crippen LogP contribution in [0.1, 0.15) is 11.1 Å². The van der Waals surface area contributed by atoms with Crippen molar-refractivity contribution in [3.63, 3.8) is 0 Å². The van der Waals surface area contributed by atoms with E-state index in [1.165, 1.54) is 11.8 Å². The summed E-state index contributed by atoms with van der Waals surface area (Å²) in [4.78, 5) is 17.4. The van der Waals surface area contributed by atoms with Gasteiger partial charge in [0.05, 0.1) is 31.9 Å². The zero-order valence-corrected chi connectivity index (χ0v) is 16.3. The number of nitrogens with zero attached hydrogens (tertiary/aromatic N) is 1. The van der Waals surface area contributed by atoms with Crippen LogP contribution >= 0.6 is 11.8 Å². The molecular weight excluding hydrogens is 364 g/mol. The van der Waals surface area contributed by atoms with E-state index in [-0.39, 0.29) is 5.91 Å². The number of rotatable bonds is 5. The van der Waals surface area contributed by atoms with Crippen LogP contribution in [0.4, 0.5) is 5.69 Å². The van der Waals surface area contributed by atoms with Crippen molar-refractivity contribution in [2.24, 2.45) is 4.99 Å². The molecule has 27 heavy (non-hydrogen) atoms. The lowest BCUT2D eigenvalue weighted by Gasteiger charge is -2.12. The minimum Gasteiger partial charge on any atom is -0.493 e. The molecule has 0 saturated carbocycles. The molecule has 0 bridgehead atoms. The highest BCUT2D eigenvalue weighted by Gasteiger charge is 2.24. The number of para-hydroxylation sites is 1. The van der Waals surface area contributed by atoms with Gasteiger partial charge in [0, 0.05) is 0 Å². The molecule has 1 N–H and O–H groups in total. The fourth-order valence-electron chi connectivity index (χ4n) is 2.61. The van der Waals surface area contributed by atoms with Crippen LogP contribution in [0.15, 0.2) is 46.3 Å². The number of thioether (sulfide) groups is 1. The van der Waals surface area contributed by atoms with Gasteiger partial charge in [0.15, 0.2) is 16.7 Å². The van der Waals surface area contributed by atoms with Gasteiger partial charge in [0.25, 0.3) is 5.91 Å². The Bertz CT molecular complexity index is 912. The van der Waals surface area contributed by atoms with Crippen molar-refractivity contribution >= 4 is 34.6 Å². The number of aryl methyl sites for hydroxylation is 1. The van der Waals surface area contributed by atoms with Crippen LogP contribution in [0.5, 0.6) is 17.2 Å². The number of nitrogens with one attached hydrogen (secondary N) is 1. The molecule has 0 radical (unpaired) electrons. The Morgan fingerprint density at radius 1 is 1.04 bits per heavy atom. The van der Waals surface area contributed by atoms with E-state index in [0.29, 0.717) is 27.3 Å². The lowest BCUT2D eigenvalue weighted by molar-refractivity contribution is -0.115.